The molecule has 0 unspecified atom stereocenters. The van der Waals surface area contributed by atoms with Gasteiger partial charge in [-0.15, -0.1) is 0 Å². The van der Waals surface area contributed by atoms with E-state index in [0.717, 1.165) is 18.7 Å². The molecular formula is C13H18N2O2. The maximum Gasteiger partial charge on any atom is 0.240 e. The summed E-state index contributed by atoms with van der Waals surface area (Å²) >= 11 is 0. The fraction of sp³-hybridized carbons (Fsp3) is 0.462. The highest BCUT2D eigenvalue weighted by Gasteiger charge is 2.23. The first-order valence-electron chi connectivity index (χ1n) is 5.89. The molecule has 1 fully saturated rings. The molecule has 1 aliphatic rings. The van der Waals surface area contributed by atoms with Gasteiger partial charge in [0, 0.05) is 25.8 Å². The molecular weight excluding hydrogens is 216 g/mol. The summed E-state index contributed by atoms with van der Waals surface area (Å²) in [6, 6.07) is 9.59. The minimum atomic E-state index is -0.273. The number of hydrogen-bond donors (Lipinski definition) is 1. The van der Waals surface area contributed by atoms with Crippen molar-refractivity contribution in [1.82, 2.24) is 4.90 Å². The van der Waals surface area contributed by atoms with Crippen LogP contribution in [0.4, 0.5) is 5.69 Å². The van der Waals surface area contributed by atoms with Crippen LogP contribution in [0.1, 0.15) is 6.42 Å². The van der Waals surface area contributed by atoms with Crippen LogP contribution in [0.25, 0.3) is 0 Å². The number of likely N-dealkylation sites (tertiary alicyclic amines) is 1. The Hall–Kier alpha value is -1.39. The Kier molecular flexibility index (Phi) is 3.76. The first-order chi connectivity index (χ1) is 8.16. The van der Waals surface area contributed by atoms with Gasteiger partial charge in [0.05, 0.1) is 12.6 Å². The molecule has 2 rings (SSSR count). The lowest BCUT2D eigenvalue weighted by Gasteiger charge is -2.21. The van der Waals surface area contributed by atoms with Gasteiger partial charge in [0.2, 0.25) is 5.91 Å². The quantitative estimate of drug-likeness (QED) is 0.838. The number of nitrogens with zero attached hydrogens (tertiary/aromatic N) is 2. The number of anilines is 1. The van der Waals surface area contributed by atoms with Crippen molar-refractivity contribution in [3.8, 4) is 0 Å². The normalized spacial score (nSPS) is 20.5. The number of amides is 1. The molecule has 4 heteroatoms. The van der Waals surface area contributed by atoms with E-state index in [1.165, 1.54) is 0 Å². The Morgan fingerprint density at radius 2 is 2.18 bits per heavy atom. The highest BCUT2D eigenvalue weighted by atomic mass is 16.3. The Labute approximate surface area is 101 Å². The van der Waals surface area contributed by atoms with Crippen molar-refractivity contribution in [2.45, 2.75) is 12.5 Å². The van der Waals surface area contributed by atoms with Crippen LogP contribution in [0, 0.1) is 0 Å². The fourth-order valence-corrected chi connectivity index (χ4v) is 2.05. The van der Waals surface area contributed by atoms with Gasteiger partial charge < -0.3 is 10.0 Å². The standard InChI is InChI=1S/C13H18N2O2/c1-14(11-5-3-2-4-6-11)13(17)10-15-8-7-12(16)9-15/h2-6,12,16H,7-10H2,1H3/t12-/m1/s1. The van der Waals surface area contributed by atoms with Crippen LogP contribution in [0.5, 0.6) is 0 Å². The van der Waals surface area contributed by atoms with E-state index in [2.05, 4.69) is 0 Å². The van der Waals surface area contributed by atoms with Crippen LogP contribution in [-0.4, -0.2) is 48.7 Å². The SMILES string of the molecule is CN(C(=O)CN1CC[C@@H](O)C1)c1ccccc1. The van der Waals surface area contributed by atoms with Crippen LogP contribution in [0.2, 0.25) is 0 Å². The van der Waals surface area contributed by atoms with Gasteiger partial charge in [-0.05, 0) is 18.6 Å². The van der Waals surface area contributed by atoms with E-state index in [1.54, 1.807) is 11.9 Å². The van der Waals surface area contributed by atoms with Crippen LogP contribution < -0.4 is 4.90 Å². The molecule has 0 saturated carbocycles. The molecule has 1 atom stereocenters. The molecule has 1 saturated heterocycles. The molecule has 0 spiro atoms. The number of hydrogen-bond acceptors (Lipinski definition) is 3. The Balaban J connectivity index is 1.92. The summed E-state index contributed by atoms with van der Waals surface area (Å²) < 4.78 is 0. The second-order valence-electron chi connectivity index (χ2n) is 4.47. The summed E-state index contributed by atoms with van der Waals surface area (Å²) in [4.78, 5) is 15.7. The van der Waals surface area contributed by atoms with E-state index in [9.17, 15) is 9.90 Å². The van der Waals surface area contributed by atoms with Gasteiger partial charge in [0.15, 0.2) is 0 Å². The summed E-state index contributed by atoms with van der Waals surface area (Å²) in [5.41, 5.74) is 0.900. The Morgan fingerprint density at radius 1 is 1.47 bits per heavy atom. The number of likely N-dealkylation sites (N-methyl/N-ethyl adjacent to an activating group) is 1. The minimum absolute atomic E-state index is 0.0605. The van der Waals surface area contributed by atoms with Crippen molar-refractivity contribution in [3.05, 3.63) is 30.3 Å². The van der Waals surface area contributed by atoms with Crippen molar-refractivity contribution in [1.29, 1.82) is 0 Å². The lowest BCUT2D eigenvalue weighted by Crippen LogP contribution is -2.37. The Bertz CT molecular complexity index is 380. The third-order valence-electron chi connectivity index (χ3n) is 3.12. The molecule has 0 bridgehead atoms. The third-order valence-corrected chi connectivity index (χ3v) is 3.12. The van der Waals surface area contributed by atoms with E-state index >= 15 is 0 Å². The second-order valence-corrected chi connectivity index (χ2v) is 4.47. The number of β-amino-alcohol motifs (C(OH)–C–C–N with tert-alkyl or cyclic N) is 1. The van der Waals surface area contributed by atoms with Crippen molar-refractivity contribution in [2.24, 2.45) is 0 Å². The molecule has 1 heterocycles. The van der Waals surface area contributed by atoms with Gasteiger partial charge in [0.1, 0.15) is 0 Å². The summed E-state index contributed by atoms with van der Waals surface area (Å²) in [5.74, 6) is 0.0605. The number of carbonyl (C=O) groups is 1. The van der Waals surface area contributed by atoms with Gasteiger partial charge in [-0.25, -0.2) is 0 Å². The van der Waals surface area contributed by atoms with Gasteiger partial charge in [-0.3, -0.25) is 9.69 Å². The van der Waals surface area contributed by atoms with Crippen LogP contribution in [0.3, 0.4) is 0 Å². The number of carbonyl (C=O) groups excluding carboxylic acids is 1. The van der Waals surface area contributed by atoms with E-state index in [0.29, 0.717) is 13.1 Å². The number of benzene rings is 1. The zero-order valence-electron chi connectivity index (χ0n) is 10.0. The Morgan fingerprint density at radius 3 is 2.76 bits per heavy atom. The first kappa shape index (κ1) is 12.1. The summed E-state index contributed by atoms with van der Waals surface area (Å²) in [7, 11) is 1.78. The maximum absolute atomic E-state index is 12.0. The molecule has 0 aromatic heterocycles. The highest BCUT2D eigenvalue weighted by molar-refractivity contribution is 5.94. The molecule has 1 aromatic rings. The molecule has 17 heavy (non-hydrogen) atoms. The maximum atomic E-state index is 12.0. The lowest BCUT2D eigenvalue weighted by molar-refractivity contribution is -0.119. The average Bonchev–Trinajstić information content (AvgIpc) is 2.75. The van der Waals surface area contributed by atoms with Crippen molar-refractivity contribution < 1.29 is 9.90 Å². The van der Waals surface area contributed by atoms with Crippen molar-refractivity contribution in [2.75, 3.05) is 31.6 Å². The van der Waals surface area contributed by atoms with Crippen molar-refractivity contribution in [3.63, 3.8) is 0 Å². The number of rotatable bonds is 3. The predicted octanol–water partition coefficient (Wildman–Crippen LogP) is 0.716. The highest BCUT2D eigenvalue weighted by Crippen LogP contribution is 2.13. The number of aliphatic hydroxyl groups excluding tert-OH is 1. The largest absolute Gasteiger partial charge is 0.392 e. The van der Waals surface area contributed by atoms with Gasteiger partial charge >= 0.3 is 0 Å². The number of aliphatic hydroxyl groups is 1. The zero-order chi connectivity index (χ0) is 12.3. The van der Waals surface area contributed by atoms with E-state index < -0.39 is 0 Å². The zero-order valence-corrected chi connectivity index (χ0v) is 10.0. The molecule has 1 N–H and O–H groups in total. The summed E-state index contributed by atoms with van der Waals surface area (Å²) in [6.07, 6.45) is 0.493. The van der Waals surface area contributed by atoms with Crippen molar-refractivity contribution >= 4 is 11.6 Å². The van der Waals surface area contributed by atoms with Gasteiger partial charge in [-0.1, -0.05) is 18.2 Å². The topological polar surface area (TPSA) is 43.8 Å². The second kappa shape index (κ2) is 5.29. The first-order valence-corrected chi connectivity index (χ1v) is 5.89. The van der Waals surface area contributed by atoms with E-state index in [1.807, 2.05) is 35.2 Å². The van der Waals surface area contributed by atoms with Gasteiger partial charge in [-0.2, -0.15) is 0 Å². The van der Waals surface area contributed by atoms with Crippen LogP contribution >= 0.6 is 0 Å². The average molecular weight is 234 g/mol. The fourth-order valence-electron chi connectivity index (χ4n) is 2.05. The monoisotopic (exact) mass is 234 g/mol. The van der Waals surface area contributed by atoms with Crippen LogP contribution in [-0.2, 0) is 4.79 Å². The summed E-state index contributed by atoms with van der Waals surface area (Å²) in [6.45, 7) is 1.78. The molecule has 0 aliphatic carbocycles. The van der Waals surface area contributed by atoms with Crippen LogP contribution in [0.15, 0.2) is 30.3 Å². The molecule has 1 aromatic carbocycles. The van der Waals surface area contributed by atoms with E-state index in [-0.39, 0.29) is 12.0 Å². The predicted molar refractivity (Wildman–Crippen MR) is 66.9 cm³/mol. The molecule has 0 radical (unpaired) electrons. The molecule has 1 aliphatic heterocycles. The smallest absolute Gasteiger partial charge is 0.240 e. The lowest BCUT2D eigenvalue weighted by atomic mass is 10.3. The molecule has 92 valence electrons. The molecule has 4 nitrogen and oxygen atoms in total. The summed E-state index contributed by atoms with van der Waals surface area (Å²) in [5, 5.41) is 9.40. The minimum Gasteiger partial charge on any atom is -0.392 e. The third kappa shape index (κ3) is 3.05. The van der Waals surface area contributed by atoms with Gasteiger partial charge in [0.25, 0.3) is 0 Å². The molecule has 1 amide bonds. The number of para-hydroxylation sites is 1. The van der Waals surface area contributed by atoms with E-state index in [4.69, 9.17) is 0 Å².